The Balaban J connectivity index is 1.15. The Bertz CT molecular complexity index is 1290. The van der Waals surface area contributed by atoms with Gasteiger partial charge in [0, 0.05) is 37.1 Å². The molecule has 2 aliphatic rings. The minimum atomic E-state index is -4.48. The fourth-order valence-electron chi connectivity index (χ4n) is 4.43. The van der Waals surface area contributed by atoms with Gasteiger partial charge in [-0.25, -0.2) is 4.98 Å². The average Bonchev–Trinajstić information content (AvgIpc) is 3.32. The molecule has 3 aromatic rings. The third-order valence-electron chi connectivity index (χ3n) is 6.40. The van der Waals surface area contributed by atoms with Crippen LogP contribution in [0.4, 0.5) is 19.0 Å². The van der Waals surface area contributed by atoms with E-state index in [0.29, 0.717) is 19.6 Å². The van der Waals surface area contributed by atoms with Crippen LogP contribution in [0.25, 0.3) is 15.7 Å². The highest BCUT2D eigenvalue weighted by Crippen LogP contribution is 2.30. The van der Waals surface area contributed by atoms with Crippen LogP contribution in [-0.2, 0) is 15.8 Å². The molecule has 5 rings (SSSR count). The van der Waals surface area contributed by atoms with Gasteiger partial charge in [-0.2, -0.15) is 13.2 Å². The quantitative estimate of drug-likeness (QED) is 0.537. The fourth-order valence-corrected chi connectivity index (χ4v) is 5.20. The summed E-state index contributed by atoms with van der Waals surface area (Å²) in [5.41, 5.74) is 1.56. The number of halogens is 3. The lowest BCUT2D eigenvalue weighted by Crippen LogP contribution is -2.53. The Morgan fingerprint density at radius 3 is 2.63 bits per heavy atom. The average molecular weight is 501 g/mol. The van der Waals surface area contributed by atoms with E-state index >= 15 is 0 Å². The highest BCUT2D eigenvalue weighted by Gasteiger charge is 2.32. The Labute approximate surface area is 204 Å². The lowest BCUT2D eigenvalue weighted by Gasteiger charge is -2.35. The van der Waals surface area contributed by atoms with Crippen molar-refractivity contribution in [2.75, 3.05) is 44.2 Å². The lowest BCUT2D eigenvalue weighted by atomic mass is 9.98. The van der Waals surface area contributed by atoms with Crippen molar-refractivity contribution < 1.29 is 22.8 Å². The third-order valence-corrected chi connectivity index (χ3v) is 7.29. The number of anilines is 1. The number of hydrogen-bond acceptors (Lipinski definition) is 5. The number of carbonyl (C=O) groups is 2. The van der Waals surface area contributed by atoms with Crippen LogP contribution in [0.15, 0.2) is 54.1 Å². The molecule has 0 atom stereocenters. The van der Waals surface area contributed by atoms with Gasteiger partial charge in [0.15, 0.2) is 0 Å². The van der Waals surface area contributed by atoms with E-state index < -0.39 is 11.7 Å². The van der Waals surface area contributed by atoms with Crippen molar-refractivity contribution in [2.45, 2.75) is 12.6 Å². The molecule has 0 saturated carbocycles. The maximum Gasteiger partial charge on any atom is 0.417 e. The van der Waals surface area contributed by atoms with Gasteiger partial charge in [0.1, 0.15) is 5.82 Å². The van der Waals surface area contributed by atoms with Crippen molar-refractivity contribution >= 4 is 44.6 Å². The summed E-state index contributed by atoms with van der Waals surface area (Å²) < 4.78 is 39.5. The van der Waals surface area contributed by atoms with Crippen molar-refractivity contribution in [1.29, 1.82) is 0 Å². The Kier molecular flexibility index (Phi) is 6.33. The molecule has 10 heteroatoms. The van der Waals surface area contributed by atoms with Crippen LogP contribution in [0, 0.1) is 0 Å². The van der Waals surface area contributed by atoms with Crippen LogP contribution in [0.1, 0.15) is 17.5 Å². The van der Waals surface area contributed by atoms with Gasteiger partial charge in [-0.1, -0.05) is 12.1 Å². The standard InChI is InChI=1S/C25H23F3N4O2S/c26-25(27,28)20-2-4-22(29-14-20)32-11-10-30(16-24(32)34)15-23(33)31-8-5-17(6-9-31)18-1-3-21-19(13-18)7-12-35-21/h1-5,7,12-14H,6,8-11,15-16H2. The molecular formula is C25H23F3N4O2S. The molecule has 2 amide bonds. The van der Waals surface area contributed by atoms with Gasteiger partial charge in [0.25, 0.3) is 0 Å². The Morgan fingerprint density at radius 2 is 1.94 bits per heavy atom. The Morgan fingerprint density at radius 1 is 1.09 bits per heavy atom. The second-order valence-electron chi connectivity index (χ2n) is 8.65. The second kappa shape index (κ2) is 9.43. The summed E-state index contributed by atoms with van der Waals surface area (Å²) in [4.78, 5) is 34.2. The van der Waals surface area contributed by atoms with Crippen molar-refractivity contribution in [3.05, 3.63) is 65.2 Å². The summed E-state index contributed by atoms with van der Waals surface area (Å²) in [6.45, 7) is 2.00. The molecule has 35 heavy (non-hydrogen) atoms. The molecule has 6 nitrogen and oxygen atoms in total. The van der Waals surface area contributed by atoms with Crippen LogP contribution < -0.4 is 4.90 Å². The maximum atomic E-state index is 12.9. The number of alkyl halides is 3. The topological polar surface area (TPSA) is 56.8 Å². The minimum absolute atomic E-state index is 0.0179. The van der Waals surface area contributed by atoms with Gasteiger partial charge in [-0.3, -0.25) is 19.4 Å². The van der Waals surface area contributed by atoms with Crippen molar-refractivity contribution in [3.63, 3.8) is 0 Å². The van der Waals surface area contributed by atoms with Crippen LogP contribution in [0.3, 0.4) is 0 Å². The first-order valence-corrected chi connectivity index (χ1v) is 12.2. The molecule has 0 N–H and O–H groups in total. The lowest BCUT2D eigenvalue weighted by molar-refractivity contribution is -0.138. The fraction of sp³-hybridized carbons (Fsp3) is 0.320. The monoisotopic (exact) mass is 500 g/mol. The number of nitrogens with zero attached hydrogens (tertiary/aromatic N) is 4. The summed E-state index contributed by atoms with van der Waals surface area (Å²) in [5, 5.41) is 3.30. The van der Waals surface area contributed by atoms with Gasteiger partial charge in [0.05, 0.1) is 18.7 Å². The third kappa shape index (κ3) is 5.08. The SMILES string of the molecule is O=C(CN1CCN(c2ccc(C(F)(F)F)cn2)C(=O)C1)N1CC=C(c2ccc3sccc3c2)CC1. The second-order valence-corrected chi connectivity index (χ2v) is 9.60. The summed E-state index contributed by atoms with van der Waals surface area (Å²) in [6, 6.07) is 10.7. The number of benzene rings is 1. The molecule has 2 aliphatic heterocycles. The normalized spacial score (nSPS) is 17.7. The summed E-state index contributed by atoms with van der Waals surface area (Å²) >= 11 is 1.72. The summed E-state index contributed by atoms with van der Waals surface area (Å²) in [7, 11) is 0. The first kappa shape index (κ1) is 23.5. The minimum Gasteiger partial charge on any atom is -0.338 e. The van der Waals surface area contributed by atoms with Crippen LogP contribution in [0.5, 0.6) is 0 Å². The van der Waals surface area contributed by atoms with E-state index in [1.807, 2.05) is 0 Å². The summed E-state index contributed by atoms with van der Waals surface area (Å²) in [5.74, 6) is -0.147. The molecule has 1 fully saturated rings. The number of amides is 2. The van der Waals surface area contributed by atoms with Crippen molar-refractivity contribution in [1.82, 2.24) is 14.8 Å². The number of hydrogen-bond donors (Lipinski definition) is 0. The zero-order chi connectivity index (χ0) is 24.6. The predicted molar refractivity (Wildman–Crippen MR) is 129 cm³/mol. The van der Waals surface area contributed by atoms with Crippen molar-refractivity contribution in [3.8, 4) is 0 Å². The van der Waals surface area contributed by atoms with E-state index in [1.54, 1.807) is 21.1 Å². The van der Waals surface area contributed by atoms with E-state index in [0.717, 1.165) is 18.7 Å². The number of fused-ring (bicyclic) bond motifs is 1. The van der Waals surface area contributed by atoms with Crippen LogP contribution in [-0.4, -0.2) is 65.9 Å². The van der Waals surface area contributed by atoms with Gasteiger partial charge in [-0.05, 0) is 58.7 Å². The highest BCUT2D eigenvalue weighted by molar-refractivity contribution is 7.17. The molecule has 1 saturated heterocycles. The molecule has 0 bridgehead atoms. The van der Waals surface area contributed by atoms with Gasteiger partial charge in [0.2, 0.25) is 11.8 Å². The number of pyridine rings is 1. The molecule has 2 aromatic heterocycles. The molecule has 0 spiro atoms. The summed E-state index contributed by atoms with van der Waals surface area (Å²) in [6.07, 6.45) is -0.881. The number of aromatic nitrogens is 1. The van der Waals surface area contributed by atoms with Crippen molar-refractivity contribution in [2.24, 2.45) is 0 Å². The Hall–Kier alpha value is -3.24. The first-order chi connectivity index (χ1) is 16.8. The van der Waals surface area contributed by atoms with Crippen LogP contribution in [0.2, 0.25) is 0 Å². The molecule has 0 radical (unpaired) electrons. The number of thiophene rings is 1. The van der Waals surface area contributed by atoms with E-state index in [2.05, 4.69) is 40.7 Å². The first-order valence-electron chi connectivity index (χ1n) is 11.3. The zero-order valence-corrected chi connectivity index (χ0v) is 19.6. The number of piperazine rings is 1. The largest absolute Gasteiger partial charge is 0.417 e. The van der Waals surface area contributed by atoms with Gasteiger partial charge in [-0.15, -0.1) is 11.3 Å². The molecule has 4 heterocycles. The predicted octanol–water partition coefficient (Wildman–Crippen LogP) is 4.28. The smallest absolute Gasteiger partial charge is 0.338 e. The van der Waals surface area contributed by atoms with E-state index in [-0.39, 0.29) is 37.3 Å². The molecule has 0 unspecified atom stereocenters. The van der Waals surface area contributed by atoms with Crippen LogP contribution >= 0.6 is 11.3 Å². The number of rotatable bonds is 4. The van der Waals surface area contributed by atoms with E-state index in [4.69, 9.17) is 0 Å². The molecule has 1 aromatic carbocycles. The molecular weight excluding hydrogens is 477 g/mol. The molecule has 0 aliphatic carbocycles. The van der Waals surface area contributed by atoms with E-state index in [9.17, 15) is 22.8 Å². The van der Waals surface area contributed by atoms with Gasteiger partial charge < -0.3 is 4.90 Å². The van der Waals surface area contributed by atoms with E-state index in [1.165, 1.54) is 32.2 Å². The zero-order valence-electron chi connectivity index (χ0n) is 18.8. The van der Waals surface area contributed by atoms with Gasteiger partial charge >= 0.3 is 6.18 Å². The number of carbonyl (C=O) groups excluding carboxylic acids is 2. The highest BCUT2D eigenvalue weighted by atomic mass is 32.1. The molecule has 182 valence electrons. The maximum absolute atomic E-state index is 12.9.